The van der Waals surface area contributed by atoms with Crippen molar-refractivity contribution in [3.8, 4) is 17.2 Å². The molecule has 0 amide bonds. The molecule has 0 aliphatic carbocycles. The lowest BCUT2D eigenvalue weighted by atomic mass is 10.1. The van der Waals surface area contributed by atoms with E-state index in [1.54, 1.807) is 14.2 Å². The van der Waals surface area contributed by atoms with Crippen molar-refractivity contribution in [2.24, 2.45) is 0 Å². The molecule has 0 aromatic heterocycles. The monoisotopic (exact) mass is 333 g/mol. The molecule has 0 aliphatic rings. The number of methoxy groups -OCH3 is 2. The van der Waals surface area contributed by atoms with Gasteiger partial charge >= 0.3 is 0 Å². The number of benzene rings is 1. The molecule has 0 atom stereocenters. The number of hydrogen-bond acceptors (Lipinski definition) is 4. The number of nitrogens with one attached hydrogen (secondary N) is 1. The standard InChI is InChI=1S/C15H21Cl2NO3/c1-4-5-18-9-11-6-13(19-2)15(14(7-11)20-3)21-10-12(17)8-16/h6-8,18H,4-5,9-10H2,1-3H3. The molecule has 0 saturated heterocycles. The van der Waals surface area contributed by atoms with Crippen LogP contribution in [0.3, 0.4) is 0 Å². The lowest BCUT2D eigenvalue weighted by molar-refractivity contribution is 0.298. The van der Waals surface area contributed by atoms with E-state index < -0.39 is 0 Å². The highest BCUT2D eigenvalue weighted by atomic mass is 35.5. The molecule has 0 saturated carbocycles. The van der Waals surface area contributed by atoms with Crippen LogP contribution in [0.4, 0.5) is 0 Å². The first-order chi connectivity index (χ1) is 10.2. The van der Waals surface area contributed by atoms with Crippen molar-refractivity contribution >= 4 is 23.2 Å². The van der Waals surface area contributed by atoms with E-state index in [1.165, 1.54) is 5.54 Å². The molecule has 0 spiro atoms. The van der Waals surface area contributed by atoms with Crippen LogP contribution in [0.25, 0.3) is 0 Å². The molecule has 0 unspecified atom stereocenters. The lowest BCUT2D eigenvalue weighted by Gasteiger charge is -2.16. The van der Waals surface area contributed by atoms with Crippen molar-refractivity contribution in [2.75, 3.05) is 27.4 Å². The fourth-order valence-electron chi connectivity index (χ4n) is 1.76. The number of rotatable bonds is 9. The van der Waals surface area contributed by atoms with Crippen LogP contribution in [0.15, 0.2) is 22.7 Å². The van der Waals surface area contributed by atoms with Crippen molar-refractivity contribution in [3.63, 3.8) is 0 Å². The normalized spacial score (nSPS) is 11.4. The number of halogens is 2. The summed E-state index contributed by atoms with van der Waals surface area (Å²) in [6.45, 7) is 3.98. The van der Waals surface area contributed by atoms with Crippen LogP contribution in [0.5, 0.6) is 17.2 Å². The minimum Gasteiger partial charge on any atom is -0.493 e. The SMILES string of the molecule is CCCNCc1cc(OC)c(OCC(Cl)=CCl)c(OC)c1. The minimum absolute atomic E-state index is 0.158. The second-order valence-corrected chi connectivity index (χ2v) is 5.05. The molecule has 21 heavy (non-hydrogen) atoms. The molecule has 0 aliphatic heterocycles. The van der Waals surface area contributed by atoms with Crippen molar-refractivity contribution in [1.29, 1.82) is 0 Å². The summed E-state index contributed by atoms with van der Waals surface area (Å²) < 4.78 is 16.4. The third-order valence-corrected chi connectivity index (χ3v) is 3.34. The van der Waals surface area contributed by atoms with Crippen LogP contribution in [0, 0.1) is 0 Å². The van der Waals surface area contributed by atoms with Crippen LogP contribution >= 0.6 is 23.2 Å². The van der Waals surface area contributed by atoms with E-state index >= 15 is 0 Å². The summed E-state index contributed by atoms with van der Waals surface area (Å²) in [5, 5.41) is 3.73. The third kappa shape index (κ3) is 5.65. The van der Waals surface area contributed by atoms with Crippen molar-refractivity contribution in [2.45, 2.75) is 19.9 Å². The summed E-state index contributed by atoms with van der Waals surface area (Å²) >= 11 is 11.4. The number of hydrogen-bond donors (Lipinski definition) is 1. The zero-order chi connectivity index (χ0) is 15.7. The summed E-state index contributed by atoms with van der Waals surface area (Å²) in [5.41, 5.74) is 2.33. The maximum atomic E-state index is 5.83. The molecule has 1 aromatic carbocycles. The van der Waals surface area contributed by atoms with Crippen LogP contribution in [-0.2, 0) is 6.54 Å². The quantitative estimate of drug-likeness (QED) is 0.695. The van der Waals surface area contributed by atoms with Gasteiger partial charge < -0.3 is 19.5 Å². The van der Waals surface area contributed by atoms with Gasteiger partial charge in [-0.15, -0.1) is 0 Å². The Labute approximate surface area is 136 Å². The van der Waals surface area contributed by atoms with Gasteiger partial charge in [0.25, 0.3) is 0 Å². The van der Waals surface area contributed by atoms with Crippen molar-refractivity contribution in [1.82, 2.24) is 5.32 Å². The fourth-order valence-corrected chi connectivity index (χ4v) is 1.88. The molecule has 0 heterocycles. The van der Waals surface area contributed by atoms with Gasteiger partial charge in [-0.25, -0.2) is 0 Å². The second-order valence-electron chi connectivity index (χ2n) is 4.35. The molecule has 1 rings (SSSR count). The predicted octanol–water partition coefficient (Wildman–Crippen LogP) is 3.90. The van der Waals surface area contributed by atoms with Gasteiger partial charge in [-0.3, -0.25) is 0 Å². The summed E-state index contributed by atoms with van der Waals surface area (Å²) in [6.07, 6.45) is 1.08. The highest BCUT2D eigenvalue weighted by molar-refractivity contribution is 6.36. The number of ether oxygens (including phenoxy) is 3. The van der Waals surface area contributed by atoms with Gasteiger partial charge in [0.2, 0.25) is 5.75 Å². The Kier molecular flexibility index (Phi) is 8.35. The Hall–Kier alpha value is -1.10. The third-order valence-electron chi connectivity index (χ3n) is 2.75. The predicted molar refractivity (Wildman–Crippen MR) is 86.8 cm³/mol. The van der Waals surface area contributed by atoms with E-state index in [4.69, 9.17) is 37.4 Å². The molecule has 4 nitrogen and oxygen atoms in total. The van der Waals surface area contributed by atoms with E-state index in [9.17, 15) is 0 Å². The van der Waals surface area contributed by atoms with E-state index in [0.717, 1.165) is 25.1 Å². The maximum absolute atomic E-state index is 5.83. The smallest absolute Gasteiger partial charge is 0.203 e. The van der Waals surface area contributed by atoms with Gasteiger partial charge in [0, 0.05) is 12.1 Å². The van der Waals surface area contributed by atoms with Crippen molar-refractivity contribution in [3.05, 3.63) is 28.3 Å². The van der Waals surface area contributed by atoms with Gasteiger partial charge in [0.15, 0.2) is 11.5 Å². The Morgan fingerprint density at radius 2 is 1.86 bits per heavy atom. The Morgan fingerprint density at radius 3 is 2.33 bits per heavy atom. The average molecular weight is 334 g/mol. The maximum Gasteiger partial charge on any atom is 0.203 e. The van der Waals surface area contributed by atoms with Crippen molar-refractivity contribution < 1.29 is 14.2 Å². The highest BCUT2D eigenvalue weighted by Gasteiger charge is 2.14. The summed E-state index contributed by atoms with van der Waals surface area (Å²) in [5.74, 6) is 1.71. The van der Waals surface area contributed by atoms with Crippen LogP contribution in [0.1, 0.15) is 18.9 Å². The van der Waals surface area contributed by atoms with Gasteiger partial charge in [-0.2, -0.15) is 0 Å². The molecule has 6 heteroatoms. The van der Waals surface area contributed by atoms with Gasteiger partial charge in [0.05, 0.1) is 19.3 Å². The summed E-state index contributed by atoms with van der Waals surface area (Å²) in [6, 6.07) is 3.83. The van der Waals surface area contributed by atoms with E-state index in [1.807, 2.05) is 12.1 Å². The molecule has 0 bridgehead atoms. The van der Waals surface area contributed by atoms with Gasteiger partial charge in [0.1, 0.15) is 6.61 Å². The zero-order valence-corrected chi connectivity index (χ0v) is 14.1. The zero-order valence-electron chi connectivity index (χ0n) is 12.5. The highest BCUT2D eigenvalue weighted by Crippen LogP contribution is 2.39. The molecular weight excluding hydrogens is 313 g/mol. The second kappa shape index (κ2) is 9.77. The van der Waals surface area contributed by atoms with E-state index in [-0.39, 0.29) is 6.61 Å². The van der Waals surface area contributed by atoms with Crippen LogP contribution < -0.4 is 19.5 Å². The molecule has 0 radical (unpaired) electrons. The Morgan fingerprint density at radius 1 is 1.24 bits per heavy atom. The van der Waals surface area contributed by atoms with E-state index in [2.05, 4.69) is 12.2 Å². The van der Waals surface area contributed by atoms with Crippen LogP contribution in [-0.4, -0.2) is 27.4 Å². The average Bonchev–Trinajstić information content (AvgIpc) is 2.52. The first-order valence-corrected chi connectivity index (χ1v) is 7.50. The Balaban J connectivity index is 2.95. The largest absolute Gasteiger partial charge is 0.493 e. The first-order valence-electron chi connectivity index (χ1n) is 6.69. The minimum atomic E-state index is 0.158. The Bertz CT molecular complexity index is 453. The van der Waals surface area contributed by atoms with E-state index in [0.29, 0.717) is 22.3 Å². The summed E-state index contributed by atoms with van der Waals surface area (Å²) in [4.78, 5) is 0. The van der Waals surface area contributed by atoms with Gasteiger partial charge in [-0.05, 0) is 30.7 Å². The summed E-state index contributed by atoms with van der Waals surface area (Å²) in [7, 11) is 3.17. The molecule has 0 fully saturated rings. The fraction of sp³-hybridized carbons (Fsp3) is 0.467. The first kappa shape index (κ1) is 18.0. The molecule has 118 valence electrons. The molecule has 1 aromatic rings. The van der Waals surface area contributed by atoms with Crippen LogP contribution in [0.2, 0.25) is 0 Å². The lowest BCUT2D eigenvalue weighted by Crippen LogP contribution is -2.14. The molecular formula is C15H21Cl2NO3. The molecule has 1 N–H and O–H groups in total. The van der Waals surface area contributed by atoms with Gasteiger partial charge in [-0.1, -0.05) is 30.1 Å². The topological polar surface area (TPSA) is 39.7 Å².